The van der Waals surface area contributed by atoms with Gasteiger partial charge in [-0.2, -0.15) is 0 Å². The summed E-state index contributed by atoms with van der Waals surface area (Å²) in [6, 6.07) is 6.92. The molecule has 1 amide bonds. The molecule has 1 heterocycles. The van der Waals surface area contributed by atoms with Crippen molar-refractivity contribution >= 4 is 11.6 Å². The SMILES string of the molecule is CNC(C)c1ccc2c(c1)CCN2CC(=O)N(C)C. The predicted molar refractivity (Wildman–Crippen MR) is 78.5 cm³/mol. The first-order chi connectivity index (χ1) is 9.02. The summed E-state index contributed by atoms with van der Waals surface area (Å²) in [6.45, 7) is 3.57. The molecular weight excluding hydrogens is 238 g/mol. The number of anilines is 1. The van der Waals surface area contributed by atoms with E-state index in [9.17, 15) is 4.79 Å². The number of carbonyl (C=O) groups excluding carboxylic acids is 1. The van der Waals surface area contributed by atoms with Gasteiger partial charge in [0.1, 0.15) is 0 Å². The zero-order valence-electron chi connectivity index (χ0n) is 12.2. The van der Waals surface area contributed by atoms with Crippen molar-refractivity contribution in [3.05, 3.63) is 29.3 Å². The van der Waals surface area contributed by atoms with Crippen LogP contribution in [0.1, 0.15) is 24.1 Å². The van der Waals surface area contributed by atoms with Crippen LogP contribution in [0.5, 0.6) is 0 Å². The number of fused-ring (bicyclic) bond motifs is 1. The Labute approximate surface area is 115 Å². The molecule has 1 aromatic carbocycles. The summed E-state index contributed by atoms with van der Waals surface area (Å²) in [5.41, 5.74) is 3.87. The number of nitrogens with one attached hydrogen (secondary N) is 1. The average molecular weight is 261 g/mol. The number of carbonyl (C=O) groups is 1. The zero-order valence-corrected chi connectivity index (χ0v) is 12.2. The molecule has 1 N–H and O–H groups in total. The molecule has 104 valence electrons. The van der Waals surface area contributed by atoms with Crippen molar-refractivity contribution in [2.75, 3.05) is 39.1 Å². The first kappa shape index (κ1) is 13.9. The summed E-state index contributed by atoms with van der Waals surface area (Å²) in [5, 5.41) is 3.26. The van der Waals surface area contributed by atoms with Gasteiger partial charge in [0.15, 0.2) is 0 Å². The lowest BCUT2D eigenvalue weighted by molar-refractivity contribution is -0.127. The third-order valence-electron chi connectivity index (χ3n) is 3.85. The summed E-state index contributed by atoms with van der Waals surface area (Å²) >= 11 is 0. The van der Waals surface area contributed by atoms with Gasteiger partial charge in [0.2, 0.25) is 5.91 Å². The number of likely N-dealkylation sites (N-methyl/N-ethyl adjacent to an activating group) is 1. The van der Waals surface area contributed by atoms with Crippen molar-refractivity contribution < 1.29 is 4.79 Å². The number of amides is 1. The molecule has 1 aliphatic heterocycles. The van der Waals surface area contributed by atoms with Crippen LogP contribution in [0.4, 0.5) is 5.69 Å². The van der Waals surface area contributed by atoms with Gasteiger partial charge in [-0.1, -0.05) is 12.1 Å². The number of rotatable bonds is 4. The number of hydrogen-bond acceptors (Lipinski definition) is 3. The summed E-state index contributed by atoms with van der Waals surface area (Å²) < 4.78 is 0. The molecule has 4 heteroatoms. The van der Waals surface area contributed by atoms with E-state index in [1.54, 1.807) is 19.0 Å². The van der Waals surface area contributed by atoms with Crippen LogP contribution in [0.3, 0.4) is 0 Å². The standard InChI is InChI=1S/C15H23N3O/c1-11(16-2)12-5-6-14-13(9-12)7-8-18(14)10-15(19)17(3)4/h5-6,9,11,16H,7-8,10H2,1-4H3. The Bertz CT molecular complexity index is 470. The van der Waals surface area contributed by atoms with Gasteiger partial charge in [0.25, 0.3) is 0 Å². The number of hydrogen-bond donors (Lipinski definition) is 1. The van der Waals surface area contributed by atoms with Gasteiger partial charge in [0.05, 0.1) is 6.54 Å². The van der Waals surface area contributed by atoms with Crippen LogP contribution in [0, 0.1) is 0 Å². The minimum Gasteiger partial charge on any atom is -0.362 e. The average Bonchev–Trinajstić information content (AvgIpc) is 2.80. The van der Waals surface area contributed by atoms with Crippen LogP contribution in [0.15, 0.2) is 18.2 Å². The zero-order chi connectivity index (χ0) is 14.0. The number of nitrogens with zero attached hydrogens (tertiary/aromatic N) is 2. The molecule has 1 unspecified atom stereocenters. The minimum absolute atomic E-state index is 0.153. The van der Waals surface area contributed by atoms with Gasteiger partial charge < -0.3 is 15.1 Å². The monoisotopic (exact) mass is 261 g/mol. The van der Waals surface area contributed by atoms with Crippen molar-refractivity contribution in [1.29, 1.82) is 0 Å². The fraction of sp³-hybridized carbons (Fsp3) is 0.533. The van der Waals surface area contributed by atoms with Gasteiger partial charge in [0, 0.05) is 32.4 Å². The molecule has 0 fully saturated rings. The second kappa shape index (κ2) is 5.61. The van der Waals surface area contributed by atoms with E-state index in [1.165, 1.54) is 16.8 Å². The molecule has 0 bridgehead atoms. The Hall–Kier alpha value is -1.55. The fourth-order valence-corrected chi connectivity index (χ4v) is 2.39. The molecule has 0 aromatic heterocycles. The van der Waals surface area contributed by atoms with E-state index in [4.69, 9.17) is 0 Å². The normalized spacial score (nSPS) is 15.3. The van der Waals surface area contributed by atoms with E-state index in [0.29, 0.717) is 12.6 Å². The topological polar surface area (TPSA) is 35.6 Å². The largest absolute Gasteiger partial charge is 0.362 e. The third-order valence-corrected chi connectivity index (χ3v) is 3.85. The maximum Gasteiger partial charge on any atom is 0.241 e. The molecule has 0 saturated heterocycles. The van der Waals surface area contributed by atoms with Crippen LogP contribution in [0.2, 0.25) is 0 Å². The highest BCUT2D eigenvalue weighted by molar-refractivity contribution is 5.82. The van der Waals surface area contributed by atoms with E-state index in [0.717, 1.165) is 13.0 Å². The molecule has 1 aliphatic rings. The van der Waals surface area contributed by atoms with Gasteiger partial charge in [-0.25, -0.2) is 0 Å². The molecule has 4 nitrogen and oxygen atoms in total. The Balaban J connectivity index is 2.15. The summed E-state index contributed by atoms with van der Waals surface area (Å²) in [4.78, 5) is 15.6. The lowest BCUT2D eigenvalue weighted by Crippen LogP contribution is -2.35. The highest BCUT2D eigenvalue weighted by Crippen LogP contribution is 2.30. The molecule has 0 spiro atoms. The molecule has 19 heavy (non-hydrogen) atoms. The lowest BCUT2D eigenvalue weighted by Gasteiger charge is -2.21. The smallest absolute Gasteiger partial charge is 0.241 e. The van der Waals surface area contributed by atoms with E-state index >= 15 is 0 Å². The summed E-state index contributed by atoms with van der Waals surface area (Å²) in [5.74, 6) is 0.153. The Morgan fingerprint density at radius 3 is 2.84 bits per heavy atom. The maximum absolute atomic E-state index is 11.8. The van der Waals surface area contributed by atoms with Gasteiger partial charge in [-0.3, -0.25) is 4.79 Å². The van der Waals surface area contributed by atoms with E-state index in [-0.39, 0.29) is 5.91 Å². The Morgan fingerprint density at radius 1 is 1.47 bits per heavy atom. The molecule has 1 aromatic rings. The summed E-state index contributed by atoms with van der Waals surface area (Å²) in [7, 11) is 5.58. The van der Waals surface area contributed by atoms with Crippen LogP contribution >= 0.6 is 0 Å². The lowest BCUT2D eigenvalue weighted by atomic mass is 10.0. The predicted octanol–water partition coefficient (Wildman–Crippen LogP) is 1.42. The van der Waals surface area contributed by atoms with Crippen molar-refractivity contribution in [3.8, 4) is 0 Å². The van der Waals surface area contributed by atoms with Crippen molar-refractivity contribution in [2.24, 2.45) is 0 Å². The van der Waals surface area contributed by atoms with Crippen LogP contribution in [0.25, 0.3) is 0 Å². The highest BCUT2D eigenvalue weighted by Gasteiger charge is 2.22. The first-order valence-electron chi connectivity index (χ1n) is 6.78. The fourth-order valence-electron chi connectivity index (χ4n) is 2.39. The third kappa shape index (κ3) is 2.89. The molecule has 2 rings (SSSR count). The van der Waals surface area contributed by atoms with Gasteiger partial charge in [-0.15, -0.1) is 0 Å². The van der Waals surface area contributed by atoms with Crippen molar-refractivity contribution in [2.45, 2.75) is 19.4 Å². The van der Waals surface area contributed by atoms with E-state index in [2.05, 4.69) is 35.3 Å². The highest BCUT2D eigenvalue weighted by atomic mass is 16.2. The Morgan fingerprint density at radius 2 is 2.21 bits per heavy atom. The molecule has 0 aliphatic carbocycles. The van der Waals surface area contributed by atoms with Crippen LogP contribution in [-0.2, 0) is 11.2 Å². The van der Waals surface area contributed by atoms with E-state index in [1.807, 2.05) is 7.05 Å². The van der Waals surface area contributed by atoms with Crippen LogP contribution in [-0.4, -0.2) is 45.0 Å². The second-order valence-electron chi connectivity index (χ2n) is 5.36. The quantitative estimate of drug-likeness (QED) is 0.890. The first-order valence-corrected chi connectivity index (χ1v) is 6.78. The second-order valence-corrected chi connectivity index (χ2v) is 5.36. The molecular formula is C15H23N3O. The molecule has 0 saturated carbocycles. The minimum atomic E-state index is 0.153. The van der Waals surface area contributed by atoms with Crippen molar-refractivity contribution in [3.63, 3.8) is 0 Å². The van der Waals surface area contributed by atoms with Crippen LogP contribution < -0.4 is 10.2 Å². The maximum atomic E-state index is 11.8. The van der Waals surface area contributed by atoms with Gasteiger partial charge >= 0.3 is 0 Å². The summed E-state index contributed by atoms with van der Waals surface area (Å²) in [6.07, 6.45) is 1.03. The van der Waals surface area contributed by atoms with Crippen molar-refractivity contribution in [1.82, 2.24) is 10.2 Å². The van der Waals surface area contributed by atoms with Gasteiger partial charge in [-0.05, 0) is 37.6 Å². The van der Waals surface area contributed by atoms with E-state index < -0.39 is 0 Å². The molecule has 0 radical (unpaired) electrons. The number of benzene rings is 1. The molecule has 1 atom stereocenters. The Kier molecular flexibility index (Phi) is 4.10.